The minimum atomic E-state index is -3.24. The van der Waals surface area contributed by atoms with Crippen LogP contribution in [0.4, 0.5) is 5.69 Å². The number of nitrogens with zero attached hydrogens (tertiary/aromatic N) is 2. The van der Waals surface area contributed by atoms with Crippen LogP contribution in [0.2, 0.25) is 0 Å². The van der Waals surface area contributed by atoms with Crippen LogP contribution in [0.15, 0.2) is 22.7 Å². The van der Waals surface area contributed by atoms with E-state index in [1.54, 1.807) is 23.1 Å². The molecular weight excluding hydrogens is 360 g/mol. The van der Waals surface area contributed by atoms with E-state index in [0.717, 1.165) is 4.47 Å². The van der Waals surface area contributed by atoms with Gasteiger partial charge in [0.2, 0.25) is 0 Å². The molecule has 1 saturated heterocycles. The number of carboxylic acids is 1. The molecule has 1 aromatic rings. The third-order valence-corrected chi connectivity index (χ3v) is 5.52. The van der Waals surface area contributed by atoms with Gasteiger partial charge in [-0.2, -0.15) is 5.26 Å². The molecule has 0 bridgehead atoms. The number of sulfone groups is 1. The Morgan fingerprint density at radius 2 is 2.24 bits per heavy atom. The molecule has 0 spiro atoms. The summed E-state index contributed by atoms with van der Waals surface area (Å²) in [6.45, 7) is 0.191. The molecule has 1 atom stereocenters. The lowest BCUT2D eigenvalue weighted by molar-refractivity contribution is -0.137. The van der Waals surface area contributed by atoms with Gasteiger partial charge >= 0.3 is 5.97 Å². The average Bonchev–Trinajstić information content (AvgIpc) is 2.38. The lowest BCUT2D eigenvalue weighted by Gasteiger charge is -2.37. The Morgan fingerprint density at radius 3 is 2.86 bits per heavy atom. The molecule has 1 unspecified atom stereocenters. The first-order valence-corrected chi connectivity index (χ1v) is 8.82. The standard InChI is InChI=1S/C13H13BrN2O4S/c14-10-1-2-12(9(5-10)7-15)16-3-4-21(19,20)8-11(16)6-13(17)18/h1-2,5,11H,3-4,6,8H2,(H,17,18). The summed E-state index contributed by atoms with van der Waals surface area (Å²) in [5.74, 6) is -1.30. The molecule has 8 heteroatoms. The Bertz CT molecular complexity index is 711. The summed E-state index contributed by atoms with van der Waals surface area (Å²) in [5.41, 5.74) is 0.959. The Hall–Kier alpha value is -1.59. The highest BCUT2D eigenvalue weighted by Crippen LogP contribution is 2.29. The lowest BCUT2D eigenvalue weighted by Crippen LogP contribution is -2.49. The third-order valence-electron chi connectivity index (χ3n) is 3.33. The molecule has 0 saturated carbocycles. The Labute approximate surface area is 131 Å². The van der Waals surface area contributed by atoms with Crippen LogP contribution >= 0.6 is 15.9 Å². The summed E-state index contributed by atoms with van der Waals surface area (Å²) in [6.07, 6.45) is -0.278. The second-order valence-corrected chi connectivity index (χ2v) is 7.98. The molecule has 2 rings (SSSR count). The minimum absolute atomic E-state index is 0.0376. The van der Waals surface area contributed by atoms with E-state index in [1.807, 2.05) is 0 Å². The van der Waals surface area contributed by atoms with Gasteiger partial charge in [-0.1, -0.05) is 15.9 Å². The molecule has 1 aliphatic heterocycles. The summed E-state index contributed by atoms with van der Waals surface area (Å²) < 4.78 is 24.2. The van der Waals surface area contributed by atoms with Crippen molar-refractivity contribution in [1.82, 2.24) is 0 Å². The van der Waals surface area contributed by atoms with Crippen molar-refractivity contribution in [2.24, 2.45) is 0 Å². The topological polar surface area (TPSA) is 98.5 Å². The average molecular weight is 373 g/mol. The number of halogens is 1. The van der Waals surface area contributed by atoms with E-state index in [4.69, 9.17) is 5.11 Å². The summed E-state index contributed by atoms with van der Waals surface area (Å²) in [5, 5.41) is 18.2. The van der Waals surface area contributed by atoms with E-state index < -0.39 is 21.8 Å². The fraction of sp³-hybridized carbons (Fsp3) is 0.385. The van der Waals surface area contributed by atoms with Crippen molar-refractivity contribution >= 4 is 37.4 Å². The van der Waals surface area contributed by atoms with Crippen LogP contribution in [0.5, 0.6) is 0 Å². The zero-order chi connectivity index (χ0) is 15.6. The van der Waals surface area contributed by atoms with Gasteiger partial charge in [0.15, 0.2) is 9.84 Å². The van der Waals surface area contributed by atoms with Crippen molar-refractivity contribution in [2.45, 2.75) is 12.5 Å². The quantitative estimate of drug-likeness (QED) is 0.860. The molecular formula is C13H13BrN2O4S. The third kappa shape index (κ3) is 3.74. The fourth-order valence-electron chi connectivity index (χ4n) is 2.42. The first-order valence-electron chi connectivity index (χ1n) is 6.21. The molecule has 6 nitrogen and oxygen atoms in total. The van der Waals surface area contributed by atoms with E-state index in [0.29, 0.717) is 11.3 Å². The zero-order valence-electron chi connectivity index (χ0n) is 11.0. The summed E-state index contributed by atoms with van der Waals surface area (Å²) in [4.78, 5) is 12.7. The van der Waals surface area contributed by atoms with Crippen LogP contribution in [0.1, 0.15) is 12.0 Å². The number of nitriles is 1. The number of hydrogen-bond donors (Lipinski definition) is 1. The molecule has 112 valence electrons. The molecule has 1 N–H and O–H groups in total. The van der Waals surface area contributed by atoms with Crippen molar-refractivity contribution in [2.75, 3.05) is 23.0 Å². The monoisotopic (exact) mass is 372 g/mol. The van der Waals surface area contributed by atoms with Gasteiger partial charge in [-0.3, -0.25) is 4.79 Å². The van der Waals surface area contributed by atoms with Crippen molar-refractivity contribution < 1.29 is 18.3 Å². The lowest BCUT2D eigenvalue weighted by atomic mass is 10.1. The van der Waals surface area contributed by atoms with Gasteiger partial charge in [0, 0.05) is 11.0 Å². The Morgan fingerprint density at radius 1 is 1.52 bits per heavy atom. The largest absolute Gasteiger partial charge is 0.481 e. The van der Waals surface area contributed by atoms with Crippen molar-refractivity contribution in [3.8, 4) is 6.07 Å². The normalized spacial score (nSPS) is 20.8. The minimum Gasteiger partial charge on any atom is -0.481 e. The first-order chi connectivity index (χ1) is 9.82. The number of anilines is 1. The van der Waals surface area contributed by atoms with Gasteiger partial charge in [0.25, 0.3) is 0 Å². The predicted octanol–water partition coefficient (Wildman–Crippen LogP) is 1.40. The fourth-order valence-corrected chi connectivity index (χ4v) is 4.31. The molecule has 1 aromatic carbocycles. The van der Waals surface area contributed by atoms with Crippen LogP contribution in [-0.4, -0.2) is 43.6 Å². The second kappa shape index (κ2) is 6.03. The highest BCUT2D eigenvalue weighted by Gasteiger charge is 2.33. The van der Waals surface area contributed by atoms with Crippen molar-refractivity contribution in [3.63, 3.8) is 0 Å². The Balaban J connectivity index is 2.41. The maximum absolute atomic E-state index is 11.7. The van der Waals surface area contributed by atoms with Gasteiger partial charge in [-0.25, -0.2) is 8.42 Å². The van der Waals surface area contributed by atoms with Crippen LogP contribution in [-0.2, 0) is 14.6 Å². The van der Waals surface area contributed by atoms with Crippen LogP contribution in [0.3, 0.4) is 0 Å². The number of carbonyl (C=O) groups is 1. The molecule has 0 aromatic heterocycles. The van der Waals surface area contributed by atoms with E-state index in [2.05, 4.69) is 22.0 Å². The van der Waals surface area contributed by atoms with E-state index in [1.165, 1.54) is 0 Å². The van der Waals surface area contributed by atoms with Crippen LogP contribution in [0.25, 0.3) is 0 Å². The van der Waals surface area contributed by atoms with Gasteiger partial charge in [0.05, 0.1) is 35.2 Å². The molecule has 0 aliphatic carbocycles. The van der Waals surface area contributed by atoms with E-state index in [-0.39, 0.29) is 24.5 Å². The predicted molar refractivity (Wildman–Crippen MR) is 80.9 cm³/mol. The molecule has 21 heavy (non-hydrogen) atoms. The summed E-state index contributed by atoms with van der Waals surface area (Å²) >= 11 is 3.27. The van der Waals surface area contributed by atoms with Gasteiger partial charge in [-0.15, -0.1) is 0 Å². The van der Waals surface area contributed by atoms with Gasteiger partial charge in [0.1, 0.15) is 6.07 Å². The van der Waals surface area contributed by atoms with Crippen LogP contribution in [0, 0.1) is 11.3 Å². The highest BCUT2D eigenvalue weighted by atomic mass is 79.9. The number of aliphatic carboxylic acids is 1. The zero-order valence-corrected chi connectivity index (χ0v) is 13.4. The molecule has 1 aliphatic rings. The van der Waals surface area contributed by atoms with Gasteiger partial charge in [-0.05, 0) is 18.2 Å². The molecule has 0 amide bonds. The first kappa shape index (κ1) is 15.8. The summed E-state index contributed by atoms with van der Waals surface area (Å²) in [6, 6.07) is 6.49. The number of hydrogen-bond acceptors (Lipinski definition) is 5. The maximum Gasteiger partial charge on any atom is 0.305 e. The van der Waals surface area contributed by atoms with E-state index >= 15 is 0 Å². The van der Waals surface area contributed by atoms with Crippen molar-refractivity contribution in [3.05, 3.63) is 28.2 Å². The number of carboxylic acid groups (broad SMARTS) is 1. The molecule has 0 radical (unpaired) electrons. The smallest absolute Gasteiger partial charge is 0.305 e. The highest BCUT2D eigenvalue weighted by molar-refractivity contribution is 9.10. The molecule has 1 heterocycles. The number of rotatable bonds is 3. The Kier molecular flexibility index (Phi) is 4.54. The van der Waals surface area contributed by atoms with Crippen molar-refractivity contribution in [1.29, 1.82) is 5.26 Å². The SMILES string of the molecule is N#Cc1cc(Br)ccc1N1CCS(=O)(=O)CC1CC(=O)O. The van der Waals surface area contributed by atoms with Crippen LogP contribution < -0.4 is 4.90 Å². The maximum atomic E-state index is 11.7. The number of benzene rings is 1. The molecule has 1 fully saturated rings. The summed E-state index contributed by atoms with van der Waals surface area (Å²) in [7, 11) is -3.24. The van der Waals surface area contributed by atoms with E-state index in [9.17, 15) is 18.5 Å². The van der Waals surface area contributed by atoms with Gasteiger partial charge < -0.3 is 10.0 Å². The second-order valence-electron chi connectivity index (χ2n) is 4.83.